The zero-order valence-corrected chi connectivity index (χ0v) is 13.7. The number of amides is 2. The topological polar surface area (TPSA) is 62.6 Å². The lowest BCUT2D eigenvalue weighted by atomic mass is 10.2. The molecule has 126 valence electrons. The average Bonchev–Trinajstić information content (AvgIpc) is 3.22. The van der Waals surface area contributed by atoms with Crippen LogP contribution in [-0.4, -0.2) is 29.0 Å². The normalized spacial score (nSPS) is 17.3. The molecule has 0 spiro atoms. The number of nitrogens with zero attached hydrogens (tertiary/aromatic N) is 1. The van der Waals surface area contributed by atoms with E-state index in [0.717, 1.165) is 5.56 Å². The van der Waals surface area contributed by atoms with Crippen LogP contribution in [0.3, 0.4) is 0 Å². The van der Waals surface area contributed by atoms with Gasteiger partial charge in [0.2, 0.25) is 11.8 Å². The van der Waals surface area contributed by atoms with Crippen LogP contribution in [0.15, 0.2) is 47.1 Å². The molecule has 1 N–H and O–H groups in total. The molecule has 2 amide bonds. The molecule has 0 bridgehead atoms. The maximum absolute atomic E-state index is 13.1. The van der Waals surface area contributed by atoms with Gasteiger partial charge in [0.1, 0.15) is 17.0 Å². The molecule has 24 heavy (non-hydrogen) atoms. The molecule has 0 aliphatic carbocycles. The Hall–Kier alpha value is -2.28. The molecule has 0 radical (unpaired) electrons. The number of halogens is 1. The van der Waals surface area contributed by atoms with Gasteiger partial charge >= 0.3 is 0 Å². The largest absolute Gasteiger partial charge is 0.467 e. The van der Waals surface area contributed by atoms with Crippen LogP contribution in [0.5, 0.6) is 0 Å². The monoisotopic (exact) mass is 348 g/mol. The molecule has 1 aliphatic heterocycles. The van der Waals surface area contributed by atoms with Crippen molar-refractivity contribution in [2.45, 2.75) is 18.3 Å². The first-order chi connectivity index (χ1) is 11.6. The van der Waals surface area contributed by atoms with Crippen molar-refractivity contribution < 1.29 is 18.4 Å². The van der Waals surface area contributed by atoms with Gasteiger partial charge in [-0.1, -0.05) is 12.1 Å². The molecule has 1 unspecified atom stereocenters. The summed E-state index contributed by atoms with van der Waals surface area (Å²) in [5, 5.41) is 2.59. The van der Waals surface area contributed by atoms with Gasteiger partial charge in [-0.3, -0.25) is 9.59 Å². The molecule has 2 aromatic rings. The minimum atomic E-state index is -0.308. The number of rotatable bonds is 6. The number of thioether (sulfide) groups is 1. The van der Waals surface area contributed by atoms with Crippen molar-refractivity contribution in [3.63, 3.8) is 0 Å². The highest BCUT2D eigenvalue weighted by atomic mass is 32.2. The third kappa shape index (κ3) is 3.97. The Bertz CT molecular complexity index is 703. The smallest absolute Gasteiger partial charge is 0.233 e. The quantitative estimate of drug-likeness (QED) is 0.872. The van der Waals surface area contributed by atoms with E-state index in [2.05, 4.69) is 5.32 Å². The maximum Gasteiger partial charge on any atom is 0.233 e. The Balaban J connectivity index is 1.55. The second kappa shape index (κ2) is 7.53. The second-order valence-corrected chi connectivity index (χ2v) is 6.48. The van der Waals surface area contributed by atoms with Crippen molar-refractivity contribution in [2.24, 2.45) is 0 Å². The fourth-order valence-electron chi connectivity index (χ4n) is 2.51. The number of hydrogen-bond donors (Lipinski definition) is 1. The molecule has 7 heteroatoms. The van der Waals surface area contributed by atoms with Crippen LogP contribution in [-0.2, 0) is 16.1 Å². The van der Waals surface area contributed by atoms with Gasteiger partial charge in [0, 0.05) is 13.0 Å². The summed E-state index contributed by atoms with van der Waals surface area (Å²) in [6.07, 6.45) is 1.76. The van der Waals surface area contributed by atoms with E-state index in [-0.39, 0.29) is 29.4 Å². The van der Waals surface area contributed by atoms with Crippen LogP contribution in [0.2, 0.25) is 0 Å². The highest BCUT2D eigenvalue weighted by molar-refractivity contribution is 8.00. The van der Waals surface area contributed by atoms with E-state index in [4.69, 9.17) is 4.42 Å². The van der Waals surface area contributed by atoms with Crippen molar-refractivity contribution in [3.05, 3.63) is 59.8 Å². The third-order valence-electron chi connectivity index (χ3n) is 3.74. The Labute approximate surface area is 143 Å². The summed E-state index contributed by atoms with van der Waals surface area (Å²) in [6.45, 7) is 0.661. The molecule has 2 heterocycles. The minimum Gasteiger partial charge on any atom is -0.467 e. The summed E-state index contributed by atoms with van der Waals surface area (Å²) in [5.74, 6) is 0.593. The summed E-state index contributed by atoms with van der Waals surface area (Å²) in [5.41, 5.74) is 0.864. The van der Waals surface area contributed by atoms with E-state index >= 15 is 0 Å². The Morgan fingerprint density at radius 2 is 2.12 bits per heavy atom. The fraction of sp³-hybridized carbons (Fsp3) is 0.294. The van der Waals surface area contributed by atoms with Gasteiger partial charge in [0.05, 0.1) is 18.6 Å². The van der Waals surface area contributed by atoms with Crippen molar-refractivity contribution in [2.75, 3.05) is 12.3 Å². The molecule has 1 aromatic carbocycles. The molecule has 1 fully saturated rings. The predicted molar refractivity (Wildman–Crippen MR) is 88.5 cm³/mol. The number of benzene rings is 1. The minimum absolute atomic E-state index is 0.00633. The van der Waals surface area contributed by atoms with Crippen LogP contribution < -0.4 is 5.32 Å². The SMILES string of the molecule is O=C(CCN1C(=O)CSC1c1ccc(F)cc1)NCc1ccco1. The van der Waals surface area contributed by atoms with Crippen LogP contribution in [0.4, 0.5) is 4.39 Å². The van der Waals surface area contributed by atoms with Gasteiger partial charge in [-0.15, -0.1) is 11.8 Å². The highest BCUT2D eigenvalue weighted by Crippen LogP contribution is 2.38. The highest BCUT2D eigenvalue weighted by Gasteiger charge is 2.32. The van der Waals surface area contributed by atoms with Crippen molar-refractivity contribution in [1.29, 1.82) is 0 Å². The molecule has 1 aromatic heterocycles. The van der Waals surface area contributed by atoms with E-state index in [0.29, 0.717) is 24.6 Å². The van der Waals surface area contributed by atoms with Crippen LogP contribution in [0, 0.1) is 5.82 Å². The standard InChI is InChI=1S/C17H17FN2O3S/c18-13-5-3-12(4-6-13)17-20(16(22)11-24-17)8-7-15(21)19-10-14-2-1-9-23-14/h1-6,9,17H,7-8,10-11H2,(H,19,21). The first-order valence-electron chi connectivity index (χ1n) is 7.59. The number of nitrogens with one attached hydrogen (secondary N) is 1. The lowest BCUT2D eigenvalue weighted by Crippen LogP contribution is -2.33. The molecular weight excluding hydrogens is 331 g/mol. The van der Waals surface area contributed by atoms with Crippen molar-refractivity contribution in [1.82, 2.24) is 10.2 Å². The van der Waals surface area contributed by atoms with Gasteiger partial charge in [0.25, 0.3) is 0 Å². The Kier molecular flexibility index (Phi) is 5.20. The zero-order valence-electron chi connectivity index (χ0n) is 12.9. The number of hydrogen-bond acceptors (Lipinski definition) is 4. The Morgan fingerprint density at radius 1 is 1.33 bits per heavy atom. The first-order valence-corrected chi connectivity index (χ1v) is 8.64. The summed E-state index contributed by atoms with van der Waals surface area (Å²) in [7, 11) is 0. The van der Waals surface area contributed by atoms with Crippen molar-refractivity contribution >= 4 is 23.6 Å². The van der Waals surface area contributed by atoms with Gasteiger partial charge < -0.3 is 14.6 Å². The van der Waals surface area contributed by atoms with Gasteiger partial charge in [0.15, 0.2) is 0 Å². The van der Waals surface area contributed by atoms with E-state index in [9.17, 15) is 14.0 Å². The maximum atomic E-state index is 13.1. The number of carbonyl (C=O) groups excluding carboxylic acids is 2. The fourth-order valence-corrected chi connectivity index (χ4v) is 3.73. The molecule has 0 saturated carbocycles. The average molecular weight is 348 g/mol. The molecule has 1 saturated heterocycles. The lowest BCUT2D eigenvalue weighted by Gasteiger charge is -2.24. The van der Waals surface area contributed by atoms with Crippen LogP contribution >= 0.6 is 11.8 Å². The van der Waals surface area contributed by atoms with Gasteiger partial charge in [-0.25, -0.2) is 4.39 Å². The molecule has 1 atom stereocenters. The van der Waals surface area contributed by atoms with E-state index in [1.165, 1.54) is 23.9 Å². The van der Waals surface area contributed by atoms with E-state index in [1.54, 1.807) is 35.4 Å². The lowest BCUT2D eigenvalue weighted by molar-refractivity contribution is -0.129. The Morgan fingerprint density at radius 3 is 2.83 bits per heavy atom. The molecule has 5 nitrogen and oxygen atoms in total. The van der Waals surface area contributed by atoms with Crippen LogP contribution in [0.1, 0.15) is 23.1 Å². The summed E-state index contributed by atoms with van der Waals surface area (Å²) >= 11 is 1.49. The van der Waals surface area contributed by atoms with Gasteiger partial charge in [-0.05, 0) is 29.8 Å². The third-order valence-corrected chi connectivity index (χ3v) is 5.00. The van der Waals surface area contributed by atoms with Crippen LogP contribution in [0.25, 0.3) is 0 Å². The molecular formula is C17H17FN2O3S. The van der Waals surface area contributed by atoms with Crippen molar-refractivity contribution in [3.8, 4) is 0 Å². The summed E-state index contributed by atoms with van der Waals surface area (Å²) in [6, 6.07) is 9.66. The second-order valence-electron chi connectivity index (χ2n) is 5.41. The predicted octanol–water partition coefficient (Wildman–Crippen LogP) is 2.70. The first kappa shape index (κ1) is 16.6. The van der Waals surface area contributed by atoms with Gasteiger partial charge in [-0.2, -0.15) is 0 Å². The summed E-state index contributed by atoms with van der Waals surface area (Å²) < 4.78 is 18.2. The summed E-state index contributed by atoms with van der Waals surface area (Å²) in [4.78, 5) is 25.7. The molecule has 1 aliphatic rings. The zero-order chi connectivity index (χ0) is 16.9. The number of carbonyl (C=O) groups is 2. The van der Waals surface area contributed by atoms with E-state index in [1.807, 2.05) is 0 Å². The number of furan rings is 1. The molecule has 3 rings (SSSR count). The van der Waals surface area contributed by atoms with E-state index < -0.39 is 0 Å².